The predicted octanol–water partition coefficient (Wildman–Crippen LogP) is 3.69. The number of fused-ring (bicyclic) bond motifs is 2. The Morgan fingerprint density at radius 3 is 2.55 bits per heavy atom. The van der Waals surface area contributed by atoms with Gasteiger partial charge in [-0.15, -0.1) is 5.10 Å². The highest BCUT2D eigenvalue weighted by Crippen LogP contribution is 2.47. The number of aromatic nitrogens is 3. The number of amides is 2. The highest BCUT2D eigenvalue weighted by molar-refractivity contribution is 5.99. The number of nitrogens with two attached hydrogens (primary N) is 1. The molecule has 1 fully saturated rings. The first-order valence-electron chi connectivity index (χ1n) is 13.5. The number of pyridine rings is 1. The molecule has 0 bridgehead atoms. The SMILES string of the molecule is CC1(C(N)=O)COc2c1cc(C(O)(CNC(=O)c1cc(OC3CC3)c3nnccc3c1)C(F)(F)F)nc2-c1ccc(F)cc1. The standard InChI is InChI=1S/C30H25F4N5O5/c1-28(27(35)41)14-43-25-20(28)12-22(38-24(25)15-2-4-18(31)5-3-15)29(42,30(32,33)34)13-36-26(40)17-10-16-8-9-37-39-23(16)21(11-17)44-19-6-7-19/h2-5,8-12,19,42H,6-7,13-14H2,1H3,(H2,35,41)(H,36,40). The first kappa shape index (κ1) is 29.2. The van der Waals surface area contributed by atoms with E-state index in [9.17, 15) is 32.3 Å². The lowest BCUT2D eigenvalue weighted by Gasteiger charge is -2.31. The summed E-state index contributed by atoms with van der Waals surface area (Å²) >= 11 is 0. The lowest BCUT2D eigenvalue weighted by atomic mass is 9.81. The Bertz CT molecular complexity index is 1800. The van der Waals surface area contributed by atoms with Crippen molar-refractivity contribution < 1.29 is 41.7 Å². The number of nitrogens with zero attached hydrogens (tertiary/aromatic N) is 3. The van der Waals surface area contributed by atoms with E-state index >= 15 is 0 Å². The van der Waals surface area contributed by atoms with Crippen LogP contribution in [0.3, 0.4) is 0 Å². The van der Waals surface area contributed by atoms with Gasteiger partial charge in [-0.25, -0.2) is 9.37 Å². The summed E-state index contributed by atoms with van der Waals surface area (Å²) in [5.41, 5.74) is -0.320. The van der Waals surface area contributed by atoms with Gasteiger partial charge in [0, 0.05) is 22.1 Å². The molecule has 2 aromatic heterocycles. The van der Waals surface area contributed by atoms with E-state index in [0.29, 0.717) is 10.9 Å². The number of alkyl halides is 3. The zero-order chi connectivity index (χ0) is 31.4. The molecule has 6 rings (SSSR count). The minimum Gasteiger partial charge on any atom is -0.489 e. The summed E-state index contributed by atoms with van der Waals surface area (Å²) < 4.78 is 69.3. The molecule has 4 N–H and O–H groups in total. The summed E-state index contributed by atoms with van der Waals surface area (Å²) in [6.07, 6.45) is -2.40. The third-order valence-corrected chi connectivity index (χ3v) is 7.79. The van der Waals surface area contributed by atoms with Gasteiger partial charge in [-0.2, -0.15) is 18.3 Å². The van der Waals surface area contributed by atoms with E-state index in [0.717, 1.165) is 31.0 Å². The first-order valence-corrected chi connectivity index (χ1v) is 13.5. The smallest absolute Gasteiger partial charge is 0.424 e. The second-order valence-corrected chi connectivity index (χ2v) is 11.0. The molecule has 1 aliphatic heterocycles. The minimum absolute atomic E-state index is 0.0299. The number of ether oxygens (including phenoxy) is 2. The Morgan fingerprint density at radius 2 is 1.89 bits per heavy atom. The van der Waals surface area contributed by atoms with Crippen LogP contribution in [0.2, 0.25) is 0 Å². The molecule has 2 unspecified atom stereocenters. The molecule has 2 aliphatic rings. The predicted molar refractivity (Wildman–Crippen MR) is 147 cm³/mol. The second-order valence-electron chi connectivity index (χ2n) is 11.0. The van der Waals surface area contributed by atoms with Crippen molar-refractivity contribution in [2.24, 2.45) is 5.73 Å². The van der Waals surface area contributed by atoms with Crippen LogP contribution in [-0.2, 0) is 15.8 Å². The minimum atomic E-state index is -5.36. The van der Waals surface area contributed by atoms with Crippen LogP contribution < -0.4 is 20.5 Å². The van der Waals surface area contributed by atoms with Crippen LogP contribution in [0.4, 0.5) is 17.6 Å². The van der Waals surface area contributed by atoms with Crippen molar-refractivity contribution >= 4 is 22.7 Å². The summed E-state index contributed by atoms with van der Waals surface area (Å²) in [7, 11) is 0. The van der Waals surface area contributed by atoms with Crippen molar-refractivity contribution in [3.8, 4) is 22.8 Å². The molecule has 2 atom stereocenters. The molecule has 10 nitrogen and oxygen atoms in total. The van der Waals surface area contributed by atoms with Crippen LogP contribution >= 0.6 is 0 Å². The molecular weight excluding hydrogens is 586 g/mol. The molecule has 0 spiro atoms. The van der Waals surface area contributed by atoms with Gasteiger partial charge in [-0.3, -0.25) is 9.59 Å². The van der Waals surface area contributed by atoms with Gasteiger partial charge in [-0.05, 0) is 68.3 Å². The summed E-state index contributed by atoms with van der Waals surface area (Å²) in [5.74, 6) is -2.20. The van der Waals surface area contributed by atoms with Crippen LogP contribution in [0, 0.1) is 5.82 Å². The highest BCUT2D eigenvalue weighted by atomic mass is 19.4. The molecule has 1 saturated carbocycles. The largest absolute Gasteiger partial charge is 0.489 e. The summed E-state index contributed by atoms with van der Waals surface area (Å²) in [5, 5.41) is 21.8. The van der Waals surface area contributed by atoms with Crippen LogP contribution in [0.1, 0.15) is 41.4 Å². The number of aliphatic hydroxyl groups is 1. The lowest BCUT2D eigenvalue weighted by Crippen LogP contribution is -2.51. The summed E-state index contributed by atoms with van der Waals surface area (Å²) in [6.45, 7) is -0.251. The average Bonchev–Trinajstić information content (AvgIpc) is 3.74. The third kappa shape index (κ3) is 5.04. The highest BCUT2D eigenvalue weighted by Gasteiger charge is 2.57. The maximum absolute atomic E-state index is 14.7. The van der Waals surface area contributed by atoms with Crippen molar-refractivity contribution in [3.05, 3.63) is 77.4 Å². The van der Waals surface area contributed by atoms with Gasteiger partial charge in [0.25, 0.3) is 5.91 Å². The van der Waals surface area contributed by atoms with Crippen molar-refractivity contribution in [1.29, 1.82) is 0 Å². The van der Waals surface area contributed by atoms with Crippen molar-refractivity contribution in [2.75, 3.05) is 13.2 Å². The van der Waals surface area contributed by atoms with Crippen molar-refractivity contribution in [3.63, 3.8) is 0 Å². The van der Waals surface area contributed by atoms with Crippen LogP contribution in [0.15, 0.2) is 54.7 Å². The van der Waals surface area contributed by atoms with Gasteiger partial charge < -0.3 is 25.6 Å². The van der Waals surface area contributed by atoms with E-state index in [-0.39, 0.29) is 46.6 Å². The normalized spacial score (nSPS) is 19.1. The van der Waals surface area contributed by atoms with E-state index < -0.39 is 47.1 Å². The molecule has 4 aromatic rings. The van der Waals surface area contributed by atoms with Crippen LogP contribution in [0.25, 0.3) is 22.2 Å². The second kappa shape index (κ2) is 10.4. The van der Waals surface area contributed by atoms with Crippen molar-refractivity contribution in [2.45, 2.75) is 43.1 Å². The molecule has 2 amide bonds. The van der Waals surface area contributed by atoms with E-state index in [1.165, 1.54) is 37.4 Å². The fourth-order valence-electron chi connectivity index (χ4n) is 4.90. The first-order chi connectivity index (χ1) is 20.8. The molecule has 3 heterocycles. The Balaban J connectivity index is 1.40. The van der Waals surface area contributed by atoms with Gasteiger partial charge in [0.1, 0.15) is 40.5 Å². The Morgan fingerprint density at radius 1 is 1.16 bits per heavy atom. The van der Waals surface area contributed by atoms with Gasteiger partial charge in [0.05, 0.1) is 24.5 Å². The van der Waals surface area contributed by atoms with E-state index in [1.54, 1.807) is 6.07 Å². The van der Waals surface area contributed by atoms with Gasteiger partial charge >= 0.3 is 6.18 Å². The molecule has 14 heteroatoms. The van der Waals surface area contributed by atoms with Crippen LogP contribution in [0.5, 0.6) is 11.5 Å². The number of carbonyl (C=O) groups excluding carboxylic acids is 2. The average molecular weight is 612 g/mol. The van der Waals surface area contributed by atoms with E-state index in [2.05, 4.69) is 20.5 Å². The monoisotopic (exact) mass is 611 g/mol. The maximum Gasteiger partial charge on any atom is 0.424 e. The summed E-state index contributed by atoms with van der Waals surface area (Å²) in [4.78, 5) is 29.7. The van der Waals surface area contributed by atoms with E-state index in [1.807, 2.05) is 0 Å². The molecule has 1 aliphatic carbocycles. The number of hydrogen-bond donors (Lipinski definition) is 3. The fraction of sp³-hybridized carbons (Fsp3) is 0.300. The Kier molecular flexibility index (Phi) is 6.91. The summed E-state index contributed by atoms with van der Waals surface area (Å²) in [6, 6.07) is 9.93. The van der Waals surface area contributed by atoms with E-state index in [4.69, 9.17) is 15.2 Å². The number of benzene rings is 2. The third-order valence-electron chi connectivity index (χ3n) is 7.79. The number of nitrogens with one attached hydrogen (secondary N) is 1. The number of carbonyl (C=O) groups is 2. The number of hydrogen-bond acceptors (Lipinski definition) is 8. The molecular formula is C30H25F4N5O5. The molecule has 0 radical (unpaired) electrons. The van der Waals surface area contributed by atoms with Crippen molar-refractivity contribution in [1.82, 2.24) is 20.5 Å². The maximum atomic E-state index is 14.7. The Hall–Kier alpha value is -4.85. The molecule has 228 valence electrons. The molecule has 44 heavy (non-hydrogen) atoms. The molecule has 0 saturated heterocycles. The fourth-order valence-corrected chi connectivity index (χ4v) is 4.90. The Labute approximate surface area is 247 Å². The van der Waals surface area contributed by atoms with Gasteiger partial charge in [-0.1, -0.05) is 0 Å². The quantitative estimate of drug-likeness (QED) is 0.256. The molecule has 2 aromatic carbocycles. The topological polar surface area (TPSA) is 150 Å². The number of primary amides is 1. The lowest BCUT2D eigenvalue weighted by molar-refractivity contribution is -0.265. The zero-order valence-electron chi connectivity index (χ0n) is 23.1. The zero-order valence-corrected chi connectivity index (χ0v) is 23.1. The van der Waals surface area contributed by atoms with Crippen LogP contribution in [-0.4, -0.2) is 57.5 Å². The number of rotatable bonds is 8. The number of halogens is 4. The van der Waals surface area contributed by atoms with Gasteiger partial charge in [0.15, 0.2) is 0 Å². The van der Waals surface area contributed by atoms with Gasteiger partial charge in [0.2, 0.25) is 11.5 Å².